The maximum atomic E-state index is 11.8. The molecular formula is C12H14N2OS. The predicted molar refractivity (Wildman–Crippen MR) is 67.4 cm³/mol. The summed E-state index contributed by atoms with van der Waals surface area (Å²) in [4.78, 5) is 13.6. The van der Waals surface area contributed by atoms with Crippen LogP contribution in [0.1, 0.15) is 6.92 Å². The van der Waals surface area contributed by atoms with Gasteiger partial charge >= 0.3 is 0 Å². The standard InChI is InChI=1S/C12H14N2OS/c1-2-14(11-6-4-3-5-7-11)12(15)10-16-9-8-13/h3-7H,2,9-10H2,1H3. The van der Waals surface area contributed by atoms with Crippen LogP contribution in [0.2, 0.25) is 0 Å². The summed E-state index contributed by atoms with van der Waals surface area (Å²) in [5.41, 5.74) is 0.910. The fourth-order valence-corrected chi connectivity index (χ4v) is 1.90. The van der Waals surface area contributed by atoms with E-state index < -0.39 is 0 Å². The van der Waals surface area contributed by atoms with Gasteiger partial charge in [0.05, 0.1) is 17.6 Å². The monoisotopic (exact) mass is 234 g/mol. The molecule has 0 aromatic heterocycles. The summed E-state index contributed by atoms with van der Waals surface area (Å²) in [5, 5.41) is 8.40. The van der Waals surface area contributed by atoms with E-state index in [4.69, 9.17) is 5.26 Å². The van der Waals surface area contributed by atoms with Crippen molar-refractivity contribution in [2.24, 2.45) is 0 Å². The van der Waals surface area contributed by atoms with Crippen molar-refractivity contribution in [3.8, 4) is 6.07 Å². The Morgan fingerprint density at radius 2 is 2.12 bits per heavy atom. The van der Waals surface area contributed by atoms with Gasteiger partial charge in [-0.2, -0.15) is 5.26 Å². The molecule has 1 amide bonds. The molecule has 0 atom stereocenters. The molecule has 0 unspecified atom stereocenters. The highest BCUT2D eigenvalue weighted by atomic mass is 32.2. The lowest BCUT2D eigenvalue weighted by Gasteiger charge is -2.20. The molecule has 0 spiro atoms. The number of nitrogens with zero attached hydrogens (tertiary/aromatic N) is 2. The zero-order valence-corrected chi connectivity index (χ0v) is 10.0. The molecule has 0 aliphatic rings. The van der Waals surface area contributed by atoms with Gasteiger partial charge in [0.25, 0.3) is 0 Å². The molecule has 0 heterocycles. The first-order valence-electron chi connectivity index (χ1n) is 5.09. The van der Waals surface area contributed by atoms with Crippen molar-refractivity contribution in [1.29, 1.82) is 5.26 Å². The Morgan fingerprint density at radius 3 is 2.69 bits per heavy atom. The molecule has 1 aromatic carbocycles. The zero-order chi connectivity index (χ0) is 11.8. The van der Waals surface area contributed by atoms with Crippen LogP contribution in [-0.4, -0.2) is 24.0 Å². The van der Waals surface area contributed by atoms with Gasteiger partial charge in [-0.1, -0.05) is 18.2 Å². The first kappa shape index (κ1) is 12.6. The highest BCUT2D eigenvalue weighted by Gasteiger charge is 2.12. The van der Waals surface area contributed by atoms with Crippen LogP contribution in [0.5, 0.6) is 0 Å². The normalized spacial score (nSPS) is 9.50. The molecule has 4 heteroatoms. The molecule has 0 saturated carbocycles. The van der Waals surface area contributed by atoms with Gasteiger partial charge in [-0.3, -0.25) is 4.79 Å². The van der Waals surface area contributed by atoms with Crippen LogP contribution in [0, 0.1) is 11.3 Å². The average Bonchev–Trinajstić information content (AvgIpc) is 2.32. The summed E-state index contributed by atoms with van der Waals surface area (Å²) >= 11 is 1.35. The second-order valence-electron chi connectivity index (χ2n) is 3.12. The number of carbonyl (C=O) groups excluding carboxylic acids is 1. The summed E-state index contributed by atoms with van der Waals surface area (Å²) in [6.45, 7) is 2.59. The highest BCUT2D eigenvalue weighted by Crippen LogP contribution is 2.14. The fourth-order valence-electron chi connectivity index (χ4n) is 1.37. The maximum absolute atomic E-state index is 11.8. The smallest absolute Gasteiger partial charge is 0.236 e. The van der Waals surface area contributed by atoms with Gasteiger partial charge in [0.2, 0.25) is 5.91 Å². The minimum absolute atomic E-state index is 0.0500. The third-order valence-electron chi connectivity index (χ3n) is 2.08. The van der Waals surface area contributed by atoms with E-state index in [2.05, 4.69) is 0 Å². The first-order chi connectivity index (χ1) is 7.79. The third kappa shape index (κ3) is 3.59. The van der Waals surface area contributed by atoms with E-state index in [9.17, 15) is 4.79 Å². The molecule has 3 nitrogen and oxygen atoms in total. The minimum Gasteiger partial charge on any atom is -0.312 e. The van der Waals surface area contributed by atoms with E-state index in [1.54, 1.807) is 4.90 Å². The number of carbonyl (C=O) groups is 1. The SMILES string of the molecule is CCN(C(=O)CSCC#N)c1ccccc1. The average molecular weight is 234 g/mol. The van der Waals surface area contributed by atoms with Crippen LogP contribution in [0.15, 0.2) is 30.3 Å². The molecule has 1 rings (SSSR count). The number of rotatable bonds is 5. The Hall–Kier alpha value is -1.47. The molecule has 0 fully saturated rings. The van der Waals surface area contributed by atoms with Crippen LogP contribution in [0.4, 0.5) is 5.69 Å². The number of benzene rings is 1. The molecule has 0 N–H and O–H groups in total. The van der Waals surface area contributed by atoms with Crippen molar-refractivity contribution in [2.75, 3.05) is 23.0 Å². The van der Waals surface area contributed by atoms with Gasteiger partial charge in [0.1, 0.15) is 0 Å². The predicted octanol–water partition coefficient (Wildman–Crippen LogP) is 2.30. The Balaban J connectivity index is 2.61. The zero-order valence-electron chi connectivity index (χ0n) is 9.22. The number of hydrogen-bond acceptors (Lipinski definition) is 3. The summed E-state index contributed by atoms with van der Waals surface area (Å²) in [7, 11) is 0. The molecule has 1 aromatic rings. The van der Waals surface area contributed by atoms with Crippen LogP contribution in [-0.2, 0) is 4.79 Å². The van der Waals surface area contributed by atoms with Gasteiger partial charge < -0.3 is 4.90 Å². The number of amides is 1. The molecule has 0 aliphatic heterocycles. The molecular weight excluding hydrogens is 220 g/mol. The van der Waals surface area contributed by atoms with Crippen LogP contribution in [0.25, 0.3) is 0 Å². The second kappa shape index (κ2) is 6.91. The third-order valence-corrected chi connectivity index (χ3v) is 2.86. The molecule has 0 bridgehead atoms. The highest BCUT2D eigenvalue weighted by molar-refractivity contribution is 8.00. The Labute approximate surface area is 100 Å². The van der Waals surface area contributed by atoms with Gasteiger partial charge in [-0.25, -0.2) is 0 Å². The Morgan fingerprint density at radius 1 is 1.44 bits per heavy atom. The van der Waals surface area contributed by atoms with E-state index in [1.165, 1.54) is 11.8 Å². The number of para-hydroxylation sites is 1. The molecule has 16 heavy (non-hydrogen) atoms. The molecule has 0 saturated heterocycles. The number of hydrogen-bond donors (Lipinski definition) is 0. The van der Waals surface area contributed by atoms with Crippen LogP contribution in [0.3, 0.4) is 0 Å². The lowest BCUT2D eigenvalue weighted by atomic mass is 10.3. The summed E-state index contributed by atoms with van der Waals surface area (Å²) in [6, 6.07) is 11.6. The van der Waals surface area contributed by atoms with Crippen molar-refractivity contribution in [3.05, 3.63) is 30.3 Å². The lowest BCUT2D eigenvalue weighted by molar-refractivity contribution is -0.116. The number of nitriles is 1. The topological polar surface area (TPSA) is 44.1 Å². The Kier molecular flexibility index (Phi) is 5.44. The van der Waals surface area contributed by atoms with Crippen LogP contribution >= 0.6 is 11.8 Å². The van der Waals surface area contributed by atoms with E-state index in [0.29, 0.717) is 18.1 Å². The maximum Gasteiger partial charge on any atom is 0.236 e. The summed E-state index contributed by atoms with van der Waals surface area (Å²) < 4.78 is 0. The van der Waals surface area contributed by atoms with Gasteiger partial charge in [0.15, 0.2) is 0 Å². The van der Waals surface area contributed by atoms with Crippen LogP contribution < -0.4 is 4.90 Å². The van der Waals surface area contributed by atoms with Crippen molar-refractivity contribution in [1.82, 2.24) is 0 Å². The number of anilines is 1. The van der Waals surface area contributed by atoms with E-state index in [-0.39, 0.29) is 5.91 Å². The Bertz CT molecular complexity index is 372. The van der Waals surface area contributed by atoms with E-state index in [1.807, 2.05) is 43.3 Å². The van der Waals surface area contributed by atoms with Gasteiger partial charge in [0, 0.05) is 12.2 Å². The molecule has 84 valence electrons. The van der Waals surface area contributed by atoms with E-state index in [0.717, 1.165) is 5.69 Å². The lowest BCUT2D eigenvalue weighted by Crippen LogP contribution is -2.32. The van der Waals surface area contributed by atoms with Crippen molar-refractivity contribution < 1.29 is 4.79 Å². The largest absolute Gasteiger partial charge is 0.312 e. The van der Waals surface area contributed by atoms with Gasteiger partial charge in [-0.05, 0) is 19.1 Å². The first-order valence-corrected chi connectivity index (χ1v) is 6.25. The van der Waals surface area contributed by atoms with Crippen molar-refractivity contribution >= 4 is 23.4 Å². The fraction of sp³-hybridized carbons (Fsp3) is 0.333. The van der Waals surface area contributed by atoms with Gasteiger partial charge in [-0.15, -0.1) is 11.8 Å². The minimum atomic E-state index is 0.0500. The molecule has 0 radical (unpaired) electrons. The quantitative estimate of drug-likeness (QED) is 0.734. The second-order valence-corrected chi connectivity index (χ2v) is 4.11. The summed E-state index contributed by atoms with van der Waals surface area (Å²) in [5.74, 6) is 0.767. The molecule has 0 aliphatic carbocycles. The number of thioether (sulfide) groups is 1. The van der Waals surface area contributed by atoms with Crippen molar-refractivity contribution in [3.63, 3.8) is 0 Å². The van der Waals surface area contributed by atoms with E-state index >= 15 is 0 Å². The van der Waals surface area contributed by atoms with Crippen molar-refractivity contribution in [2.45, 2.75) is 6.92 Å². The summed E-state index contributed by atoms with van der Waals surface area (Å²) in [6.07, 6.45) is 0.